The lowest BCUT2D eigenvalue weighted by atomic mass is 10.1. The van der Waals surface area contributed by atoms with Crippen molar-refractivity contribution >= 4 is 23.4 Å². The van der Waals surface area contributed by atoms with Crippen LogP contribution in [0.3, 0.4) is 0 Å². The summed E-state index contributed by atoms with van der Waals surface area (Å²) in [5, 5.41) is 0.825. The molecule has 0 aliphatic rings. The molecule has 4 heteroatoms. The maximum Gasteiger partial charge on any atom is 0.0541 e. The number of hydrogen-bond acceptors (Lipinski definition) is 3. The van der Waals surface area contributed by atoms with E-state index in [1.54, 1.807) is 11.8 Å². The number of benzene rings is 1. The Morgan fingerprint density at radius 1 is 1.21 bits per heavy atom. The van der Waals surface area contributed by atoms with Crippen molar-refractivity contribution in [2.45, 2.75) is 56.4 Å². The van der Waals surface area contributed by atoms with Crippen molar-refractivity contribution in [3.05, 3.63) is 29.3 Å². The molecule has 0 amide bonds. The molecular formula is C15H25ClN2S. The highest BCUT2D eigenvalue weighted by Gasteiger charge is 2.08. The monoisotopic (exact) mass is 300 g/mol. The van der Waals surface area contributed by atoms with E-state index in [1.165, 1.54) is 32.1 Å². The molecule has 1 rings (SSSR count). The molecule has 0 fully saturated rings. The van der Waals surface area contributed by atoms with Crippen molar-refractivity contribution in [2.24, 2.45) is 5.84 Å². The molecule has 1 aromatic rings. The van der Waals surface area contributed by atoms with E-state index in [-0.39, 0.29) is 0 Å². The van der Waals surface area contributed by atoms with Crippen LogP contribution in [0.5, 0.6) is 0 Å². The molecule has 1 unspecified atom stereocenters. The number of hydrazine groups is 1. The third-order valence-electron chi connectivity index (χ3n) is 3.17. The van der Waals surface area contributed by atoms with Gasteiger partial charge in [0.05, 0.1) is 5.02 Å². The van der Waals surface area contributed by atoms with E-state index in [0.717, 1.165) is 22.1 Å². The molecule has 0 radical (unpaired) electrons. The van der Waals surface area contributed by atoms with Crippen LogP contribution < -0.4 is 11.3 Å². The van der Waals surface area contributed by atoms with Crippen molar-refractivity contribution in [1.29, 1.82) is 0 Å². The quantitative estimate of drug-likeness (QED) is 0.286. The minimum Gasteiger partial charge on any atom is -0.271 e. The lowest BCUT2D eigenvalue weighted by molar-refractivity contribution is 0.497. The molecule has 0 saturated carbocycles. The van der Waals surface area contributed by atoms with Gasteiger partial charge in [0, 0.05) is 16.7 Å². The van der Waals surface area contributed by atoms with Crippen molar-refractivity contribution in [3.8, 4) is 0 Å². The van der Waals surface area contributed by atoms with Gasteiger partial charge < -0.3 is 0 Å². The number of halogens is 1. The standard InChI is InChI=1S/C15H25ClN2S/c1-2-3-4-5-6-9-13(18-17)12-19-15-11-8-7-10-14(15)16/h7-8,10-11,13,18H,2-6,9,12,17H2,1H3. The normalized spacial score (nSPS) is 12.6. The summed E-state index contributed by atoms with van der Waals surface area (Å²) in [6.07, 6.45) is 7.67. The predicted octanol–water partition coefficient (Wildman–Crippen LogP) is 4.62. The summed E-state index contributed by atoms with van der Waals surface area (Å²) >= 11 is 7.91. The second-order valence-electron chi connectivity index (χ2n) is 4.81. The maximum absolute atomic E-state index is 6.14. The number of thioether (sulfide) groups is 1. The molecule has 1 aromatic carbocycles. The highest BCUT2D eigenvalue weighted by molar-refractivity contribution is 7.99. The first-order valence-electron chi connectivity index (χ1n) is 7.11. The Hall–Kier alpha value is -0.220. The van der Waals surface area contributed by atoms with Gasteiger partial charge in [0.1, 0.15) is 0 Å². The van der Waals surface area contributed by atoms with Gasteiger partial charge in [0.25, 0.3) is 0 Å². The summed E-state index contributed by atoms with van der Waals surface area (Å²) < 4.78 is 0. The average Bonchev–Trinajstić information content (AvgIpc) is 2.43. The molecule has 0 aromatic heterocycles. The number of rotatable bonds is 10. The molecule has 0 spiro atoms. The third kappa shape index (κ3) is 7.21. The summed E-state index contributed by atoms with van der Waals surface area (Å²) in [7, 11) is 0. The molecule has 0 bridgehead atoms. The minimum atomic E-state index is 0.364. The van der Waals surface area contributed by atoms with Crippen molar-refractivity contribution < 1.29 is 0 Å². The number of nitrogens with one attached hydrogen (secondary N) is 1. The molecule has 2 nitrogen and oxygen atoms in total. The Morgan fingerprint density at radius 2 is 1.95 bits per heavy atom. The Bertz CT molecular complexity index is 347. The molecule has 0 aliphatic heterocycles. The van der Waals surface area contributed by atoms with E-state index in [9.17, 15) is 0 Å². The number of unbranched alkanes of at least 4 members (excludes halogenated alkanes) is 4. The van der Waals surface area contributed by atoms with Crippen LogP contribution in [0.2, 0.25) is 5.02 Å². The lowest BCUT2D eigenvalue weighted by Gasteiger charge is -2.15. The number of nitrogens with two attached hydrogens (primary N) is 1. The summed E-state index contributed by atoms with van der Waals surface area (Å²) in [6, 6.07) is 8.33. The summed E-state index contributed by atoms with van der Waals surface area (Å²) in [5.41, 5.74) is 2.92. The van der Waals surface area contributed by atoms with Gasteiger partial charge in [-0.05, 0) is 18.6 Å². The largest absolute Gasteiger partial charge is 0.271 e. The SMILES string of the molecule is CCCCCCCC(CSc1ccccc1Cl)NN. The molecule has 0 aliphatic carbocycles. The molecule has 1 atom stereocenters. The van der Waals surface area contributed by atoms with Gasteiger partial charge in [-0.3, -0.25) is 11.3 Å². The third-order valence-corrected chi connectivity index (χ3v) is 4.85. The van der Waals surface area contributed by atoms with Crippen LogP contribution in [0.15, 0.2) is 29.2 Å². The fourth-order valence-electron chi connectivity index (χ4n) is 1.96. The van der Waals surface area contributed by atoms with Crippen LogP contribution in [0.25, 0.3) is 0 Å². The Balaban J connectivity index is 2.23. The summed E-state index contributed by atoms with van der Waals surface area (Å²) in [6.45, 7) is 2.24. The Labute approximate surface area is 126 Å². The van der Waals surface area contributed by atoms with Gasteiger partial charge in [-0.1, -0.05) is 62.8 Å². The van der Waals surface area contributed by atoms with Gasteiger partial charge in [0.15, 0.2) is 0 Å². The highest BCUT2D eigenvalue weighted by atomic mass is 35.5. The van der Waals surface area contributed by atoms with Crippen molar-refractivity contribution in [3.63, 3.8) is 0 Å². The minimum absolute atomic E-state index is 0.364. The first-order valence-corrected chi connectivity index (χ1v) is 8.47. The smallest absolute Gasteiger partial charge is 0.0541 e. The molecule has 19 heavy (non-hydrogen) atoms. The fourth-order valence-corrected chi connectivity index (χ4v) is 3.28. The molecule has 3 N–H and O–H groups in total. The summed E-state index contributed by atoms with van der Waals surface area (Å²) in [4.78, 5) is 1.13. The molecule has 0 heterocycles. The Morgan fingerprint density at radius 3 is 2.63 bits per heavy atom. The van der Waals surface area contributed by atoms with Crippen LogP contribution >= 0.6 is 23.4 Å². The van der Waals surface area contributed by atoms with Crippen molar-refractivity contribution in [1.82, 2.24) is 5.43 Å². The van der Waals surface area contributed by atoms with Gasteiger partial charge in [-0.15, -0.1) is 11.8 Å². The van der Waals surface area contributed by atoms with E-state index in [1.807, 2.05) is 18.2 Å². The maximum atomic E-state index is 6.14. The van der Waals surface area contributed by atoms with Gasteiger partial charge in [-0.2, -0.15) is 0 Å². The molecular weight excluding hydrogens is 276 g/mol. The Kier molecular flexibility index (Phi) is 9.35. The average molecular weight is 301 g/mol. The predicted molar refractivity (Wildman–Crippen MR) is 86.7 cm³/mol. The van der Waals surface area contributed by atoms with E-state index >= 15 is 0 Å². The first-order chi connectivity index (χ1) is 9.27. The van der Waals surface area contributed by atoms with Gasteiger partial charge in [-0.25, -0.2) is 0 Å². The van der Waals surface area contributed by atoms with Crippen LogP contribution in [-0.4, -0.2) is 11.8 Å². The van der Waals surface area contributed by atoms with E-state index in [2.05, 4.69) is 18.4 Å². The molecule has 108 valence electrons. The highest BCUT2D eigenvalue weighted by Crippen LogP contribution is 2.27. The lowest BCUT2D eigenvalue weighted by Crippen LogP contribution is -2.36. The van der Waals surface area contributed by atoms with Gasteiger partial charge >= 0.3 is 0 Å². The van der Waals surface area contributed by atoms with Gasteiger partial charge in [0.2, 0.25) is 0 Å². The topological polar surface area (TPSA) is 38.0 Å². The van der Waals surface area contributed by atoms with E-state index < -0.39 is 0 Å². The second kappa shape index (κ2) is 10.6. The van der Waals surface area contributed by atoms with E-state index in [4.69, 9.17) is 17.4 Å². The van der Waals surface area contributed by atoms with Crippen LogP contribution in [-0.2, 0) is 0 Å². The molecule has 0 saturated heterocycles. The van der Waals surface area contributed by atoms with Crippen LogP contribution in [0, 0.1) is 0 Å². The van der Waals surface area contributed by atoms with Crippen LogP contribution in [0.4, 0.5) is 0 Å². The second-order valence-corrected chi connectivity index (χ2v) is 6.28. The summed E-state index contributed by atoms with van der Waals surface area (Å²) in [5.74, 6) is 6.59. The fraction of sp³-hybridized carbons (Fsp3) is 0.600. The zero-order chi connectivity index (χ0) is 13.9. The van der Waals surface area contributed by atoms with E-state index in [0.29, 0.717) is 6.04 Å². The first kappa shape index (κ1) is 16.8. The number of hydrogen-bond donors (Lipinski definition) is 2. The zero-order valence-corrected chi connectivity index (χ0v) is 13.3. The van der Waals surface area contributed by atoms with Crippen LogP contribution in [0.1, 0.15) is 45.4 Å². The van der Waals surface area contributed by atoms with Crippen molar-refractivity contribution in [2.75, 3.05) is 5.75 Å². The zero-order valence-electron chi connectivity index (χ0n) is 11.7.